The summed E-state index contributed by atoms with van der Waals surface area (Å²) >= 11 is 0. The van der Waals surface area contributed by atoms with Crippen LogP contribution in [-0.4, -0.2) is 61.7 Å². The summed E-state index contributed by atoms with van der Waals surface area (Å²) in [7, 11) is 0. The van der Waals surface area contributed by atoms with Crippen LogP contribution in [0.1, 0.15) is 19.3 Å². The fourth-order valence-corrected chi connectivity index (χ4v) is 3.60. The molecular weight excluding hydrogens is 334 g/mol. The number of piperidine rings is 1. The van der Waals surface area contributed by atoms with Gasteiger partial charge in [0.2, 0.25) is 11.8 Å². The molecule has 2 heterocycles. The number of carbonyl (C=O) groups is 2. The third-order valence-corrected chi connectivity index (χ3v) is 4.91. The van der Waals surface area contributed by atoms with E-state index in [9.17, 15) is 9.59 Å². The molecule has 3 rings (SSSR count). The van der Waals surface area contributed by atoms with E-state index in [1.807, 2.05) is 35.2 Å². The van der Waals surface area contributed by atoms with Crippen LogP contribution in [0.4, 0.5) is 0 Å². The molecule has 0 spiro atoms. The van der Waals surface area contributed by atoms with Gasteiger partial charge < -0.3 is 20.5 Å². The van der Waals surface area contributed by atoms with E-state index in [-0.39, 0.29) is 36.4 Å². The summed E-state index contributed by atoms with van der Waals surface area (Å²) in [6.07, 6.45) is 2.33. The van der Waals surface area contributed by atoms with E-state index in [0.717, 1.165) is 31.6 Å². The third-order valence-electron chi connectivity index (χ3n) is 4.91. The SMILES string of the molecule is NC(=O)CN1CCCC(C(=O)N[C@@H]2COCC[C@@H]2Oc2ccccc2)C1. The molecule has 3 atom stereocenters. The fourth-order valence-electron chi connectivity index (χ4n) is 3.60. The van der Waals surface area contributed by atoms with Crippen molar-refractivity contribution >= 4 is 11.8 Å². The molecule has 0 aromatic heterocycles. The highest BCUT2D eigenvalue weighted by Crippen LogP contribution is 2.20. The first-order valence-corrected chi connectivity index (χ1v) is 9.22. The third kappa shape index (κ3) is 5.19. The molecule has 3 N–H and O–H groups in total. The number of nitrogens with two attached hydrogens (primary N) is 1. The van der Waals surface area contributed by atoms with Gasteiger partial charge in [0, 0.05) is 13.0 Å². The summed E-state index contributed by atoms with van der Waals surface area (Å²) in [5.74, 6) is 0.297. The second-order valence-electron chi connectivity index (χ2n) is 6.99. The Morgan fingerprint density at radius 3 is 2.85 bits per heavy atom. The van der Waals surface area contributed by atoms with E-state index < -0.39 is 0 Å². The van der Waals surface area contributed by atoms with Gasteiger partial charge >= 0.3 is 0 Å². The fraction of sp³-hybridized carbons (Fsp3) is 0.579. The van der Waals surface area contributed by atoms with Crippen LogP contribution in [0.25, 0.3) is 0 Å². The molecule has 2 aliphatic rings. The molecule has 0 radical (unpaired) electrons. The van der Waals surface area contributed by atoms with Gasteiger partial charge in [0.05, 0.1) is 31.7 Å². The average Bonchev–Trinajstić information content (AvgIpc) is 2.64. The molecule has 1 aromatic rings. The van der Waals surface area contributed by atoms with Crippen molar-refractivity contribution < 1.29 is 19.1 Å². The van der Waals surface area contributed by atoms with Crippen molar-refractivity contribution in [3.8, 4) is 5.75 Å². The van der Waals surface area contributed by atoms with Crippen LogP contribution in [0, 0.1) is 5.92 Å². The van der Waals surface area contributed by atoms with Crippen LogP contribution in [0.2, 0.25) is 0 Å². The molecular formula is C19H27N3O4. The number of rotatable bonds is 6. The molecule has 0 aliphatic carbocycles. The normalized spacial score (nSPS) is 26.8. The number of para-hydroxylation sites is 1. The molecule has 2 saturated heterocycles. The molecule has 142 valence electrons. The Bertz CT molecular complexity index is 610. The minimum absolute atomic E-state index is 0.00340. The van der Waals surface area contributed by atoms with E-state index in [0.29, 0.717) is 19.8 Å². The molecule has 2 aliphatic heterocycles. The van der Waals surface area contributed by atoms with Gasteiger partial charge in [0.1, 0.15) is 11.9 Å². The van der Waals surface area contributed by atoms with Gasteiger partial charge in [-0.2, -0.15) is 0 Å². The van der Waals surface area contributed by atoms with Gasteiger partial charge in [-0.1, -0.05) is 18.2 Å². The van der Waals surface area contributed by atoms with Crippen molar-refractivity contribution in [1.29, 1.82) is 0 Å². The first-order chi connectivity index (χ1) is 12.6. The number of nitrogens with zero attached hydrogens (tertiary/aromatic N) is 1. The number of likely N-dealkylation sites (tertiary alicyclic amines) is 1. The standard InChI is InChI=1S/C19H27N3O4/c20-18(23)12-22-9-4-5-14(11-22)19(24)21-16-13-25-10-8-17(16)26-15-6-2-1-3-7-15/h1-3,6-7,14,16-17H,4-5,8-13H2,(H2,20,23)(H,21,24)/t14?,16-,17+/m1/s1. The molecule has 1 aromatic carbocycles. The molecule has 2 fully saturated rings. The average molecular weight is 361 g/mol. The molecule has 0 bridgehead atoms. The summed E-state index contributed by atoms with van der Waals surface area (Å²) in [5.41, 5.74) is 5.27. The van der Waals surface area contributed by atoms with Gasteiger partial charge in [-0.05, 0) is 31.5 Å². The largest absolute Gasteiger partial charge is 0.488 e. The monoisotopic (exact) mass is 361 g/mol. The van der Waals surface area contributed by atoms with Crippen LogP contribution in [0.15, 0.2) is 30.3 Å². The zero-order valence-corrected chi connectivity index (χ0v) is 14.9. The van der Waals surface area contributed by atoms with Crippen molar-refractivity contribution in [2.24, 2.45) is 11.7 Å². The number of nitrogens with one attached hydrogen (secondary N) is 1. The van der Waals surface area contributed by atoms with Crippen molar-refractivity contribution in [3.63, 3.8) is 0 Å². The first-order valence-electron chi connectivity index (χ1n) is 9.22. The van der Waals surface area contributed by atoms with Crippen LogP contribution in [-0.2, 0) is 14.3 Å². The highest BCUT2D eigenvalue weighted by atomic mass is 16.5. The van der Waals surface area contributed by atoms with Crippen LogP contribution in [0.5, 0.6) is 5.75 Å². The highest BCUT2D eigenvalue weighted by molar-refractivity contribution is 5.80. The quantitative estimate of drug-likeness (QED) is 0.771. The Labute approximate surface area is 153 Å². The summed E-state index contributed by atoms with van der Waals surface area (Å²) in [6, 6.07) is 9.45. The smallest absolute Gasteiger partial charge is 0.231 e. The number of carbonyl (C=O) groups excluding carboxylic acids is 2. The highest BCUT2D eigenvalue weighted by Gasteiger charge is 2.33. The number of ether oxygens (including phenoxy) is 2. The molecule has 7 heteroatoms. The maximum Gasteiger partial charge on any atom is 0.231 e. The van der Waals surface area contributed by atoms with Crippen molar-refractivity contribution in [2.45, 2.75) is 31.4 Å². The topological polar surface area (TPSA) is 93.9 Å². The van der Waals surface area contributed by atoms with Crippen molar-refractivity contribution in [1.82, 2.24) is 10.2 Å². The van der Waals surface area contributed by atoms with Gasteiger partial charge in [0.15, 0.2) is 0 Å². The number of hydrogen-bond acceptors (Lipinski definition) is 5. The van der Waals surface area contributed by atoms with E-state index in [1.54, 1.807) is 0 Å². The predicted octanol–water partition coefficient (Wildman–Crippen LogP) is 0.536. The second kappa shape index (κ2) is 9.00. The number of primary amides is 1. The zero-order valence-electron chi connectivity index (χ0n) is 14.9. The Kier molecular flexibility index (Phi) is 6.46. The first kappa shape index (κ1) is 18.7. The second-order valence-corrected chi connectivity index (χ2v) is 6.99. The molecule has 0 saturated carbocycles. The summed E-state index contributed by atoms with van der Waals surface area (Å²) in [4.78, 5) is 25.8. The molecule has 26 heavy (non-hydrogen) atoms. The van der Waals surface area contributed by atoms with Crippen LogP contribution < -0.4 is 15.8 Å². The number of benzene rings is 1. The lowest BCUT2D eigenvalue weighted by atomic mass is 9.96. The molecule has 2 amide bonds. The maximum atomic E-state index is 12.7. The Morgan fingerprint density at radius 2 is 2.08 bits per heavy atom. The van der Waals surface area contributed by atoms with Crippen LogP contribution >= 0.6 is 0 Å². The maximum absolute atomic E-state index is 12.7. The van der Waals surface area contributed by atoms with Gasteiger partial charge in [-0.15, -0.1) is 0 Å². The minimum Gasteiger partial charge on any atom is -0.488 e. The van der Waals surface area contributed by atoms with E-state index in [2.05, 4.69) is 5.32 Å². The van der Waals surface area contributed by atoms with E-state index >= 15 is 0 Å². The number of amides is 2. The van der Waals surface area contributed by atoms with Crippen molar-refractivity contribution in [3.05, 3.63) is 30.3 Å². The van der Waals surface area contributed by atoms with Crippen molar-refractivity contribution in [2.75, 3.05) is 32.8 Å². The zero-order chi connectivity index (χ0) is 18.4. The lowest BCUT2D eigenvalue weighted by Gasteiger charge is -2.35. The van der Waals surface area contributed by atoms with Crippen LogP contribution in [0.3, 0.4) is 0 Å². The molecule has 1 unspecified atom stereocenters. The minimum atomic E-state index is -0.358. The predicted molar refractivity (Wildman–Crippen MR) is 96.6 cm³/mol. The summed E-state index contributed by atoms with van der Waals surface area (Å²) in [6.45, 7) is 2.64. The van der Waals surface area contributed by atoms with Gasteiger partial charge in [0.25, 0.3) is 0 Å². The lowest BCUT2D eigenvalue weighted by molar-refractivity contribution is -0.131. The Balaban J connectivity index is 1.56. The Hall–Kier alpha value is -2.12. The summed E-state index contributed by atoms with van der Waals surface area (Å²) in [5, 5.41) is 3.10. The van der Waals surface area contributed by atoms with Gasteiger partial charge in [-0.3, -0.25) is 14.5 Å². The van der Waals surface area contributed by atoms with Gasteiger partial charge in [-0.25, -0.2) is 0 Å². The van der Waals surface area contributed by atoms with E-state index in [1.165, 1.54) is 0 Å². The lowest BCUT2D eigenvalue weighted by Crippen LogP contribution is -2.55. The molecule has 7 nitrogen and oxygen atoms in total. The Morgan fingerprint density at radius 1 is 1.27 bits per heavy atom. The summed E-state index contributed by atoms with van der Waals surface area (Å²) < 4.78 is 11.6. The van der Waals surface area contributed by atoms with E-state index in [4.69, 9.17) is 15.2 Å². The number of hydrogen-bond donors (Lipinski definition) is 2.